The van der Waals surface area contributed by atoms with Crippen molar-refractivity contribution in [2.75, 3.05) is 10.6 Å². The highest BCUT2D eigenvalue weighted by molar-refractivity contribution is 6.01. The molecule has 3 aromatic heterocycles. The molecule has 0 spiro atoms. The highest BCUT2D eigenvalue weighted by Gasteiger charge is 2.11. The second kappa shape index (κ2) is 11.1. The number of carbonyl (C=O) groups excluding carboxylic acids is 1. The lowest BCUT2D eigenvalue weighted by molar-refractivity contribution is 0.262. The molecule has 2 amide bonds. The number of para-hydroxylation sites is 1. The molecule has 0 radical (unpaired) electrons. The molecule has 0 saturated carbocycles. The predicted octanol–water partition coefficient (Wildman–Crippen LogP) is 7.40. The van der Waals surface area contributed by atoms with Gasteiger partial charge < -0.3 is 20.1 Å². The summed E-state index contributed by atoms with van der Waals surface area (Å²) in [7, 11) is 1.81. The third kappa shape index (κ3) is 6.12. The van der Waals surface area contributed by atoms with Gasteiger partial charge in [0.15, 0.2) is 11.6 Å². The number of aromatic nitrogens is 4. The number of amides is 2. The highest BCUT2D eigenvalue weighted by atomic mass is 19.1. The Labute approximate surface area is 234 Å². The zero-order chi connectivity index (χ0) is 28.2. The Kier molecular flexibility index (Phi) is 6.93. The Hall–Kier alpha value is -5.77. The standard InChI is InChI=1S/C31H23FN6O3/c1-38-19-21(18-34-38)28-17-25(13-14-33-28)40-29-11-9-23(16-26(29)32)36-31(39)35-22-8-10-27-20(15-22)7-12-30(37-27)41-24-5-3-2-4-6-24/h2-19H,1H3,(H2,35,36,39). The van der Waals surface area contributed by atoms with Gasteiger partial charge in [0.1, 0.15) is 11.5 Å². The molecule has 6 rings (SSSR count). The molecule has 0 unspecified atom stereocenters. The van der Waals surface area contributed by atoms with Crippen LogP contribution in [0.1, 0.15) is 0 Å². The minimum atomic E-state index is -0.632. The van der Waals surface area contributed by atoms with E-state index in [9.17, 15) is 9.18 Å². The number of nitrogens with one attached hydrogen (secondary N) is 2. The number of anilines is 2. The third-order valence-electron chi connectivity index (χ3n) is 6.04. The van der Waals surface area contributed by atoms with Crippen molar-refractivity contribution in [1.82, 2.24) is 19.7 Å². The van der Waals surface area contributed by atoms with Gasteiger partial charge in [-0.2, -0.15) is 5.10 Å². The van der Waals surface area contributed by atoms with Crippen LogP contribution in [0.3, 0.4) is 0 Å². The monoisotopic (exact) mass is 546 g/mol. The molecular weight excluding hydrogens is 523 g/mol. The molecule has 0 bridgehead atoms. The number of fused-ring (bicyclic) bond motifs is 1. The van der Waals surface area contributed by atoms with Crippen LogP contribution < -0.4 is 20.1 Å². The fraction of sp³-hybridized carbons (Fsp3) is 0.0323. The van der Waals surface area contributed by atoms with E-state index in [4.69, 9.17) is 9.47 Å². The van der Waals surface area contributed by atoms with Gasteiger partial charge in [-0.25, -0.2) is 14.2 Å². The topological polar surface area (TPSA) is 103 Å². The van der Waals surface area contributed by atoms with E-state index >= 15 is 0 Å². The van der Waals surface area contributed by atoms with Gasteiger partial charge in [0.25, 0.3) is 0 Å². The number of urea groups is 1. The summed E-state index contributed by atoms with van der Waals surface area (Å²) in [5, 5.41) is 10.4. The number of hydrogen-bond donors (Lipinski definition) is 2. The summed E-state index contributed by atoms with van der Waals surface area (Å²) in [6.45, 7) is 0. The van der Waals surface area contributed by atoms with Crippen molar-refractivity contribution in [3.63, 3.8) is 0 Å². The second-order valence-electron chi connectivity index (χ2n) is 9.08. The zero-order valence-electron chi connectivity index (χ0n) is 21.8. The molecule has 3 aromatic carbocycles. The lowest BCUT2D eigenvalue weighted by Gasteiger charge is -2.11. The molecule has 0 fully saturated rings. The Balaban J connectivity index is 1.09. The molecule has 3 heterocycles. The maximum atomic E-state index is 14.8. The summed E-state index contributed by atoms with van der Waals surface area (Å²) in [6, 6.07) is 25.3. The van der Waals surface area contributed by atoms with Crippen molar-refractivity contribution in [1.29, 1.82) is 0 Å². The Morgan fingerprint density at radius 3 is 2.44 bits per heavy atom. The fourth-order valence-electron chi connectivity index (χ4n) is 4.12. The first-order valence-corrected chi connectivity index (χ1v) is 12.6. The van der Waals surface area contributed by atoms with Gasteiger partial charge in [0.2, 0.25) is 5.88 Å². The van der Waals surface area contributed by atoms with E-state index in [-0.39, 0.29) is 11.4 Å². The number of nitrogens with zero attached hydrogens (tertiary/aromatic N) is 4. The van der Waals surface area contributed by atoms with Crippen LogP contribution in [0.4, 0.5) is 20.6 Å². The van der Waals surface area contributed by atoms with Crippen molar-refractivity contribution in [3.8, 4) is 34.4 Å². The first-order valence-electron chi connectivity index (χ1n) is 12.6. The fourth-order valence-corrected chi connectivity index (χ4v) is 4.12. The molecule has 2 N–H and O–H groups in total. The van der Waals surface area contributed by atoms with Gasteiger partial charge >= 0.3 is 6.03 Å². The Morgan fingerprint density at radius 2 is 1.66 bits per heavy atom. The molecule has 202 valence electrons. The van der Waals surface area contributed by atoms with Crippen molar-refractivity contribution >= 4 is 28.3 Å². The summed E-state index contributed by atoms with van der Waals surface area (Å²) < 4.78 is 28.0. The van der Waals surface area contributed by atoms with Crippen LogP contribution >= 0.6 is 0 Å². The van der Waals surface area contributed by atoms with Gasteiger partial charge in [-0.05, 0) is 54.6 Å². The Bertz CT molecular complexity index is 1860. The maximum Gasteiger partial charge on any atom is 0.323 e. The molecule has 10 heteroatoms. The molecule has 9 nitrogen and oxygen atoms in total. The molecule has 41 heavy (non-hydrogen) atoms. The van der Waals surface area contributed by atoms with E-state index < -0.39 is 11.8 Å². The number of ether oxygens (including phenoxy) is 2. The molecule has 0 saturated heterocycles. The van der Waals surface area contributed by atoms with Crippen LogP contribution in [0.25, 0.3) is 22.2 Å². The number of hydrogen-bond acceptors (Lipinski definition) is 6. The lowest BCUT2D eigenvalue weighted by atomic mass is 10.2. The molecule has 0 aliphatic rings. The first-order chi connectivity index (χ1) is 20.0. The summed E-state index contributed by atoms with van der Waals surface area (Å²) >= 11 is 0. The summed E-state index contributed by atoms with van der Waals surface area (Å²) in [5.74, 6) is 0.956. The molecule has 6 aromatic rings. The molecule has 0 aliphatic heterocycles. The number of carbonyl (C=O) groups is 1. The first kappa shape index (κ1) is 25.5. The normalized spacial score (nSPS) is 10.8. The van der Waals surface area contributed by atoms with Crippen LogP contribution in [-0.2, 0) is 7.05 Å². The van der Waals surface area contributed by atoms with Gasteiger partial charge in [-0.15, -0.1) is 0 Å². The SMILES string of the molecule is Cn1cc(-c2cc(Oc3ccc(NC(=O)Nc4ccc5nc(Oc6ccccc6)ccc5c4)cc3F)ccn2)cn1. The molecule has 0 aliphatic carbocycles. The van der Waals surface area contributed by atoms with Crippen LogP contribution in [0.2, 0.25) is 0 Å². The van der Waals surface area contributed by atoms with E-state index in [1.54, 1.807) is 59.5 Å². The van der Waals surface area contributed by atoms with Crippen molar-refractivity contribution in [2.24, 2.45) is 7.05 Å². The average Bonchev–Trinajstić information content (AvgIpc) is 3.41. The number of rotatable bonds is 7. The van der Waals surface area contributed by atoms with Crippen LogP contribution in [-0.4, -0.2) is 25.8 Å². The zero-order valence-corrected chi connectivity index (χ0v) is 21.8. The third-order valence-corrected chi connectivity index (χ3v) is 6.04. The van der Waals surface area contributed by atoms with Crippen molar-refractivity contribution in [2.45, 2.75) is 0 Å². The maximum absolute atomic E-state index is 14.8. The number of aryl methyl sites for hydroxylation is 1. The highest BCUT2D eigenvalue weighted by Crippen LogP contribution is 2.29. The minimum Gasteiger partial charge on any atom is -0.454 e. The minimum absolute atomic E-state index is 0.0111. The lowest BCUT2D eigenvalue weighted by Crippen LogP contribution is -2.19. The number of benzene rings is 3. The summed E-state index contributed by atoms with van der Waals surface area (Å²) in [6.07, 6.45) is 5.09. The quantitative estimate of drug-likeness (QED) is 0.216. The van der Waals surface area contributed by atoms with Gasteiger partial charge in [0, 0.05) is 60.0 Å². The van der Waals surface area contributed by atoms with E-state index in [0.29, 0.717) is 34.3 Å². The Morgan fingerprint density at radius 1 is 0.854 bits per heavy atom. The van der Waals surface area contributed by atoms with Crippen LogP contribution in [0.15, 0.2) is 110 Å². The van der Waals surface area contributed by atoms with E-state index in [1.807, 2.05) is 49.6 Å². The predicted molar refractivity (Wildman–Crippen MR) is 154 cm³/mol. The van der Waals surface area contributed by atoms with Gasteiger partial charge in [-0.3, -0.25) is 9.67 Å². The average molecular weight is 547 g/mol. The van der Waals surface area contributed by atoms with Gasteiger partial charge in [-0.1, -0.05) is 18.2 Å². The summed E-state index contributed by atoms with van der Waals surface area (Å²) in [4.78, 5) is 21.4. The van der Waals surface area contributed by atoms with Gasteiger partial charge in [0.05, 0.1) is 17.4 Å². The summed E-state index contributed by atoms with van der Waals surface area (Å²) in [5.41, 5.74) is 2.99. The second-order valence-corrected chi connectivity index (χ2v) is 9.08. The van der Waals surface area contributed by atoms with Crippen LogP contribution in [0.5, 0.6) is 23.1 Å². The molecule has 0 atom stereocenters. The van der Waals surface area contributed by atoms with Crippen LogP contribution in [0, 0.1) is 5.82 Å². The van der Waals surface area contributed by atoms with E-state index in [0.717, 1.165) is 10.9 Å². The van der Waals surface area contributed by atoms with Crippen molar-refractivity contribution in [3.05, 3.63) is 115 Å². The van der Waals surface area contributed by atoms with Crippen molar-refractivity contribution < 1.29 is 18.7 Å². The smallest absolute Gasteiger partial charge is 0.323 e. The largest absolute Gasteiger partial charge is 0.454 e. The number of pyridine rings is 2. The molecular formula is C31H23FN6O3. The van der Waals surface area contributed by atoms with E-state index in [2.05, 4.69) is 25.7 Å². The number of halogens is 1. The van der Waals surface area contributed by atoms with E-state index in [1.165, 1.54) is 12.1 Å².